The smallest absolute Gasteiger partial charge is 0.185 e. The minimum absolute atomic E-state index is 0.0713. The van der Waals surface area contributed by atoms with Crippen LogP contribution in [0.4, 0.5) is 5.69 Å². The summed E-state index contributed by atoms with van der Waals surface area (Å²) in [6.45, 7) is 0. The highest BCUT2D eigenvalue weighted by atomic mass is 16.5. The lowest BCUT2D eigenvalue weighted by Gasteiger charge is -2.21. The Labute approximate surface area is 87.1 Å². The molecule has 3 rings (SSSR count). The van der Waals surface area contributed by atoms with Gasteiger partial charge in [-0.25, -0.2) is 4.99 Å². The zero-order chi connectivity index (χ0) is 10.3. The molecule has 1 heterocycles. The van der Waals surface area contributed by atoms with Gasteiger partial charge in [0, 0.05) is 6.42 Å². The van der Waals surface area contributed by atoms with Crippen LogP contribution < -0.4 is 4.74 Å². The van der Waals surface area contributed by atoms with Gasteiger partial charge in [-0.15, -0.1) is 0 Å². The van der Waals surface area contributed by atoms with Crippen molar-refractivity contribution in [3.05, 3.63) is 36.1 Å². The fraction of sp³-hybridized carbons (Fsp3) is 0.167. The lowest BCUT2D eigenvalue weighted by molar-refractivity contribution is -0.113. The maximum Gasteiger partial charge on any atom is 0.185 e. The summed E-state index contributed by atoms with van der Waals surface area (Å²) < 4.78 is 5.62. The van der Waals surface area contributed by atoms with Crippen LogP contribution in [0, 0.1) is 0 Å². The second-order valence-electron chi connectivity index (χ2n) is 3.56. The van der Waals surface area contributed by atoms with Crippen molar-refractivity contribution >= 4 is 17.2 Å². The van der Waals surface area contributed by atoms with Crippen LogP contribution in [0.25, 0.3) is 0 Å². The number of hydrogen-bond donors (Lipinski definition) is 0. The Morgan fingerprint density at radius 1 is 1.27 bits per heavy atom. The van der Waals surface area contributed by atoms with Crippen LogP contribution in [-0.4, -0.2) is 11.5 Å². The van der Waals surface area contributed by atoms with E-state index in [2.05, 4.69) is 4.99 Å². The molecule has 74 valence electrons. The summed E-state index contributed by atoms with van der Waals surface area (Å²) in [6, 6.07) is 7.48. The molecule has 0 saturated carbocycles. The van der Waals surface area contributed by atoms with Gasteiger partial charge in [-0.05, 0) is 24.6 Å². The first kappa shape index (κ1) is 8.41. The molecule has 15 heavy (non-hydrogen) atoms. The minimum Gasteiger partial charge on any atom is -0.453 e. The van der Waals surface area contributed by atoms with E-state index < -0.39 is 0 Å². The lowest BCUT2D eigenvalue weighted by Crippen LogP contribution is -2.25. The first-order valence-corrected chi connectivity index (χ1v) is 4.94. The first-order valence-electron chi connectivity index (χ1n) is 4.94. The maximum atomic E-state index is 11.6. The van der Waals surface area contributed by atoms with Crippen molar-refractivity contribution in [3.63, 3.8) is 0 Å². The van der Waals surface area contributed by atoms with E-state index in [0.717, 1.165) is 17.9 Å². The second-order valence-corrected chi connectivity index (χ2v) is 3.56. The molecule has 0 atom stereocenters. The summed E-state index contributed by atoms with van der Waals surface area (Å²) >= 11 is 0. The van der Waals surface area contributed by atoms with E-state index in [4.69, 9.17) is 4.74 Å². The van der Waals surface area contributed by atoms with Gasteiger partial charge >= 0.3 is 0 Å². The monoisotopic (exact) mass is 199 g/mol. The number of ether oxygens (including phenoxy) is 1. The third kappa shape index (κ3) is 1.28. The minimum atomic E-state index is 0.0713. The molecule has 0 radical (unpaired) electrons. The summed E-state index contributed by atoms with van der Waals surface area (Å²) in [6.07, 6.45) is 3.21. The van der Waals surface area contributed by atoms with Gasteiger partial charge in [0.2, 0.25) is 0 Å². The molecule has 0 bridgehead atoms. The molecule has 0 amide bonds. The first-order chi connectivity index (χ1) is 7.34. The van der Waals surface area contributed by atoms with Crippen LogP contribution in [0.2, 0.25) is 0 Å². The number of para-hydroxylation sites is 2. The topological polar surface area (TPSA) is 38.7 Å². The SMILES string of the molecule is O=C1CCC=C2Oc3ccccc3N=C12. The molecule has 0 spiro atoms. The quantitative estimate of drug-likeness (QED) is 0.643. The standard InChI is InChI=1S/C12H9NO2/c14-9-5-3-7-11-12(9)13-8-4-1-2-6-10(8)15-11/h1-2,4,6-7H,3,5H2. The number of ketones is 1. The number of carbonyl (C=O) groups is 1. The van der Waals surface area contributed by atoms with Gasteiger partial charge < -0.3 is 4.74 Å². The fourth-order valence-corrected chi connectivity index (χ4v) is 1.77. The molecule has 3 nitrogen and oxygen atoms in total. The Hall–Kier alpha value is -1.90. The van der Waals surface area contributed by atoms with Crippen molar-refractivity contribution < 1.29 is 9.53 Å². The van der Waals surface area contributed by atoms with E-state index in [1.807, 2.05) is 30.3 Å². The lowest BCUT2D eigenvalue weighted by atomic mass is 10.0. The number of carbonyl (C=O) groups excluding carboxylic acids is 1. The zero-order valence-corrected chi connectivity index (χ0v) is 8.06. The van der Waals surface area contributed by atoms with Crippen molar-refractivity contribution in [1.82, 2.24) is 0 Å². The molecule has 1 aliphatic carbocycles. The number of fused-ring (bicyclic) bond motifs is 2. The van der Waals surface area contributed by atoms with Gasteiger partial charge in [0.25, 0.3) is 0 Å². The van der Waals surface area contributed by atoms with Gasteiger partial charge in [0.15, 0.2) is 17.3 Å². The molecule has 0 unspecified atom stereocenters. The molecule has 0 fully saturated rings. The Morgan fingerprint density at radius 3 is 3.07 bits per heavy atom. The molecule has 1 aromatic carbocycles. The van der Waals surface area contributed by atoms with Crippen LogP contribution in [0.1, 0.15) is 12.8 Å². The zero-order valence-electron chi connectivity index (χ0n) is 8.06. The highest BCUT2D eigenvalue weighted by Gasteiger charge is 2.26. The number of Topliss-reactive ketones (excluding diaryl/α,β-unsaturated/α-hetero) is 1. The van der Waals surface area contributed by atoms with Crippen LogP contribution in [0.15, 0.2) is 41.1 Å². The van der Waals surface area contributed by atoms with Gasteiger partial charge in [0.05, 0.1) is 0 Å². The van der Waals surface area contributed by atoms with E-state index in [1.165, 1.54) is 0 Å². The van der Waals surface area contributed by atoms with E-state index in [9.17, 15) is 4.79 Å². The maximum absolute atomic E-state index is 11.6. The summed E-state index contributed by atoms with van der Waals surface area (Å²) in [5.74, 6) is 1.41. The largest absolute Gasteiger partial charge is 0.453 e. The molecular formula is C12H9NO2. The molecule has 0 saturated heterocycles. The summed E-state index contributed by atoms with van der Waals surface area (Å²) in [5.41, 5.74) is 1.21. The predicted octanol–water partition coefficient (Wildman–Crippen LogP) is 2.40. The van der Waals surface area contributed by atoms with Crippen molar-refractivity contribution in [2.75, 3.05) is 0 Å². The number of allylic oxidation sites excluding steroid dienone is 2. The second kappa shape index (κ2) is 3.05. The van der Waals surface area contributed by atoms with Gasteiger partial charge in [-0.3, -0.25) is 4.79 Å². The third-order valence-corrected chi connectivity index (χ3v) is 2.52. The summed E-state index contributed by atoms with van der Waals surface area (Å²) in [7, 11) is 0. The van der Waals surface area contributed by atoms with Crippen molar-refractivity contribution in [2.45, 2.75) is 12.8 Å². The number of hydrogen-bond acceptors (Lipinski definition) is 3. The summed E-state index contributed by atoms with van der Waals surface area (Å²) in [4.78, 5) is 15.9. The molecule has 3 heteroatoms. The van der Waals surface area contributed by atoms with Gasteiger partial charge in [-0.1, -0.05) is 12.1 Å². The van der Waals surface area contributed by atoms with Crippen molar-refractivity contribution in [1.29, 1.82) is 0 Å². The highest BCUT2D eigenvalue weighted by molar-refractivity contribution is 6.47. The molecule has 0 N–H and O–H groups in total. The average molecular weight is 199 g/mol. The normalized spacial score (nSPS) is 18.3. The van der Waals surface area contributed by atoms with Crippen LogP contribution in [-0.2, 0) is 4.79 Å². The fourth-order valence-electron chi connectivity index (χ4n) is 1.77. The molecule has 2 aliphatic rings. The molecular weight excluding hydrogens is 190 g/mol. The average Bonchev–Trinajstić information content (AvgIpc) is 2.27. The van der Waals surface area contributed by atoms with Crippen molar-refractivity contribution in [2.24, 2.45) is 4.99 Å². The molecule has 0 aromatic heterocycles. The Kier molecular flexibility index (Phi) is 1.71. The number of benzene rings is 1. The Bertz CT molecular complexity index is 500. The van der Waals surface area contributed by atoms with E-state index >= 15 is 0 Å². The predicted molar refractivity (Wildman–Crippen MR) is 56.5 cm³/mol. The van der Waals surface area contributed by atoms with E-state index in [-0.39, 0.29) is 5.78 Å². The highest BCUT2D eigenvalue weighted by Crippen LogP contribution is 2.34. The van der Waals surface area contributed by atoms with Crippen LogP contribution in [0.5, 0.6) is 5.75 Å². The number of nitrogens with zero attached hydrogens (tertiary/aromatic N) is 1. The van der Waals surface area contributed by atoms with E-state index in [0.29, 0.717) is 17.9 Å². The van der Waals surface area contributed by atoms with Gasteiger partial charge in [-0.2, -0.15) is 0 Å². The molecule has 1 aliphatic heterocycles. The molecule has 1 aromatic rings. The number of rotatable bonds is 0. The Morgan fingerprint density at radius 2 is 2.13 bits per heavy atom. The number of aliphatic imine (C=N–C) groups is 1. The van der Waals surface area contributed by atoms with Crippen LogP contribution >= 0.6 is 0 Å². The summed E-state index contributed by atoms with van der Waals surface area (Å²) in [5, 5.41) is 0. The third-order valence-electron chi connectivity index (χ3n) is 2.52. The van der Waals surface area contributed by atoms with Crippen LogP contribution in [0.3, 0.4) is 0 Å². The Balaban J connectivity index is 2.17. The van der Waals surface area contributed by atoms with E-state index in [1.54, 1.807) is 0 Å². The van der Waals surface area contributed by atoms with Crippen molar-refractivity contribution in [3.8, 4) is 5.75 Å². The van der Waals surface area contributed by atoms with Gasteiger partial charge in [0.1, 0.15) is 11.4 Å².